The van der Waals surface area contributed by atoms with Gasteiger partial charge in [-0.05, 0) is 24.3 Å². The maximum Gasteiger partial charge on any atom is 0.263 e. The zero-order chi connectivity index (χ0) is 7.84. The lowest BCUT2D eigenvalue weighted by Gasteiger charge is -2.28. The van der Waals surface area contributed by atoms with Crippen LogP contribution in [0.1, 0.15) is 13.8 Å². The van der Waals surface area contributed by atoms with Gasteiger partial charge in [-0.1, -0.05) is 5.10 Å². The van der Waals surface area contributed by atoms with Crippen LogP contribution in [0.3, 0.4) is 0 Å². The fraction of sp³-hybridized carbons (Fsp3) is 0.800. The summed E-state index contributed by atoms with van der Waals surface area (Å²) in [7, 11) is 0. The van der Waals surface area contributed by atoms with Gasteiger partial charge in [-0.2, -0.15) is 0 Å². The Morgan fingerprint density at radius 1 is 1.36 bits per heavy atom. The zero-order valence-electron chi connectivity index (χ0n) is 6.44. The molecule has 60 valence electrons. The van der Waals surface area contributed by atoms with E-state index in [0.29, 0.717) is 18.0 Å². The molecule has 2 rings (SSSR count). The molecular weight excluding hydrogens is 144 g/mol. The number of nitrogens with one attached hydrogen (secondary N) is 2. The monoisotopic (exact) mass is 154 g/mol. The molecule has 0 fully saturated rings. The summed E-state index contributed by atoms with van der Waals surface area (Å²) in [6, 6.07) is 0.694. The molecule has 11 heavy (non-hydrogen) atoms. The highest BCUT2D eigenvalue weighted by atomic mass is 15.7. The second-order valence-corrected chi connectivity index (χ2v) is 2.77. The van der Waals surface area contributed by atoms with Gasteiger partial charge >= 0.3 is 0 Å². The predicted octanol–water partition coefficient (Wildman–Crippen LogP) is -0.581. The van der Waals surface area contributed by atoms with Crippen LogP contribution >= 0.6 is 0 Å². The Morgan fingerprint density at radius 2 is 2.18 bits per heavy atom. The third kappa shape index (κ3) is 0.903. The molecule has 2 heterocycles. The minimum absolute atomic E-state index is 0.339. The molecule has 6 heteroatoms. The van der Waals surface area contributed by atoms with Crippen LogP contribution in [0.15, 0.2) is 0 Å². The van der Waals surface area contributed by atoms with Crippen LogP contribution in [-0.4, -0.2) is 32.4 Å². The summed E-state index contributed by atoms with van der Waals surface area (Å²) in [5.41, 5.74) is 3.11. The second-order valence-electron chi connectivity index (χ2n) is 2.77. The number of nitrogens with zero attached hydrogens (tertiary/aromatic N) is 4. The standard InChI is InChI=1S/C5H10N6/c1-3-4(2)8-11-5(6-3)7-9-10-11/h3-4,8H,1-2H3,(H,6,7,10)/t3-,4-/m1/s1. The molecule has 1 aliphatic rings. The minimum atomic E-state index is 0.339. The summed E-state index contributed by atoms with van der Waals surface area (Å²) in [4.78, 5) is 1.55. The quantitative estimate of drug-likeness (QED) is 0.523. The van der Waals surface area contributed by atoms with Gasteiger partial charge < -0.3 is 10.7 Å². The van der Waals surface area contributed by atoms with Gasteiger partial charge in [0, 0.05) is 6.04 Å². The Labute approximate surface area is 63.9 Å². The summed E-state index contributed by atoms with van der Waals surface area (Å²) in [5, 5.41) is 14.2. The third-order valence-electron chi connectivity index (χ3n) is 1.90. The molecule has 2 N–H and O–H groups in total. The first-order chi connectivity index (χ1) is 5.27. The number of fused-ring (bicyclic) bond motifs is 1. The van der Waals surface area contributed by atoms with Crippen molar-refractivity contribution < 1.29 is 0 Å². The first-order valence-electron chi connectivity index (χ1n) is 3.59. The normalized spacial score (nSPS) is 28.5. The van der Waals surface area contributed by atoms with Crippen LogP contribution < -0.4 is 10.7 Å². The number of rotatable bonds is 0. The first kappa shape index (κ1) is 6.38. The van der Waals surface area contributed by atoms with Crippen molar-refractivity contribution in [3.05, 3.63) is 0 Å². The van der Waals surface area contributed by atoms with Crippen molar-refractivity contribution in [2.45, 2.75) is 25.9 Å². The smallest absolute Gasteiger partial charge is 0.263 e. The van der Waals surface area contributed by atoms with Crippen LogP contribution in [0, 0.1) is 0 Å². The van der Waals surface area contributed by atoms with Gasteiger partial charge in [-0.25, -0.2) is 0 Å². The van der Waals surface area contributed by atoms with Crippen LogP contribution in [0.25, 0.3) is 0 Å². The van der Waals surface area contributed by atoms with E-state index in [2.05, 4.69) is 40.1 Å². The average Bonchev–Trinajstić information content (AvgIpc) is 2.36. The topological polar surface area (TPSA) is 67.7 Å². The summed E-state index contributed by atoms with van der Waals surface area (Å²) in [6.45, 7) is 4.15. The molecule has 1 aromatic rings. The molecular formula is C5H10N6. The Morgan fingerprint density at radius 3 is 3.00 bits per heavy atom. The molecule has 0 radical (unpaired) electrons. The third-order valence-corrected chi connectivity index (χ3v) is 1.90. The Hall–Kier alpha value is -1.33. The van der Waals surface area contributed by atoms with E-state index < -0.39 is 0 Å². The predicted molar refractivity (Wildman–Crippen MR) is 39.7 cm³/mol. The highest BCUT2D eigenvalue weighted by Crippen LogP contribution is 2.09. The van der Waals surface area contributed by atoms with E-state index >= 15 is 0 Å². The SMILES string of the molecule is C[C@H]1Nc2nnnn2N[C@@H]1C. The molecule has 2 atom stereocenters. The van der Waals surface area contributed by atoms with Crippen LogP contribution in [-0.2, 0) is 0 Å². The average molecular weight is 154 g/mol. The van der Waals surface area contributed by atoms with Crippen molar-refractivity contribution in [1.82, 2.24) is 20.3 Å². The molecule has 0 spiro atoms. The van der Waals surface area contributed by atoms with Crippen molar-refractivity contribution in [1.29, 1.82) is 0 Å². The van der Waals surface area contributed by atoms with Gasteiger partial charge in [-0.15, -0.1) is 4.79 Å². The van der Waals surface area contributed by atoms with Crippen molar-refractivity contribution in [2.24, 2.45) is 0 Å². The van der Waals surface area contributed by atoms with Crippen LogP contribution in [0.2, 0.25) is 0 Å². The lowest BCUT2D eigenvalue weighted by molar-refractivity contribution is 0.535. The van der Waals surface area contributed by atoms with Gasteiger partial charge in [0.2, 0.25) is 0 Å². The van der Waals surface area contributed by atoms with E-state index in [-0.39, 0.29) is 0 Å². The maximum atomic E-state index is 3.77. The number of hydrogen-bond donors (Lipinski definition) is 2. The number of anilines is 1. The van der Waals surface area contributed by atoms with E-state index in [1.54, 1.807) is 4.79 Å². The number of tetrazole rings is 1. The molecule has 6 nitrogen and oxygen atoms in total. The van der Waals surface area contributed by atoms with Crippen molar-refractivity contribution in [3.63, 3.8) is 0 Å². The Balaban J connectivity index is 2.30. The molecule has 0 aromatic carbocycles. The lowest BCUT2D eigenvalue weighted by Crippen LogP contribution is -2.45. The zero-order valence-corrected chi connectivity index (χ0v) is 6.44. The summed E-state index contributed by atoms with van der Waals surface area (Å²) >= 11 is 0. The van der Waals surface area contributed by atoms with Crippen molar-refractivity contribution >= 4 is 5.95 Å². The number of hydrogen-bond acceptors (Lipinski definition) is 5. The van der Waals surface area contributed by atoms with Crippen molar-refractivity contribution in [3.8, 4) is 0 Å². The molecule has 0 unspecified atom stereocenters. The summed E-state index contributed by atoms with van der Waals surface area (Å²) < 4.78 is 0. The minimum Gasteiger partial charge on any atom is -0.347 e. The van der Waals surface area contributed by atoms with Gasteiger partial charge in [0.05, 0.1) is 6.04 Å². The fourth-order valence-corrected chi connectivity index (χ4v) is 0.997. The summed E-state index contributed by atoms with van der Waals surface area (Å²) in [6.07, 6.45) is 0. The van der Waals surface area contributed by atoms with Crippen LogP contribution in [0.5, 0.6) is 0 Å². The number of aromatic nitrogens is 4. The molecule has 1 aromatic heterocycles. The van der Waals surface area contributed by atoms with E-state index in [4.69, 9.17) is 0 Å². The fourth-order valence-electron chi connectivity index (χ4n) is 0.997. The largest absolute Gasteiger partial charge is 0.347 e. The van der Waals surface area contributed by atoms with E-state index in [1.165, 1.54) is 0 Å². The second kappa shape index (κ2) is 2.08. The van der Waals surface area contributed by atoms with Gasteiger partial charge in [0.25, 0.3) is 5.95 Å². The van der Waals surface area contributed by atoms with Gasteiger partial charge in [-0.3, -0.25) is 0 Å². The Bertz CT molecular complexity index is 231. The van der Waals surface area contributed by atoms with Gasteiger partial charge in [0.1, 0.15) is 0 Å². The van der Waals surface area contributed by atoms with Crippen LogP contribution in [0.4, 0.5) is 5.95 Å². The van der Waals surface area contributed by atoms with E-state index in [0.717, 1.165) is 0 Å². The molecule has 0 saturated heterocycles. The molecule has 0 aliphatic carbocycles. The van der Waals surface area contributed by atoms with Crippen molar-refractivity contribution in [2.75, 3.05) is 10.7 Å². The van der Waals surface area contributed by atoms with E-state index in [1.807, 2.05) is 0 Å². The Kier molecular flexibility index (Phi) is 1.21. The van der Waals surface area contributed by atoms with E-state index in [9.17, 15) is 0 Å². The highest BCUT2D eigenvalue weighted by Gasteiger charge is 2.21. The molecule has 0 amide bonds. The maximum absolute atomic E-state index is 3.77. The summed E-state index contributed by atoms with van der Waals surface area (Å²) in [5.74, 6) is 0.676. The highest BCUT2D eigenvalue weighted by molar-refractivity contribution is 5.29. The first-order valence-corrected chi connectivity index (χ1v) is 3.59. The molecule has 0 bridgehead atoms. The molecule has 1 aliphatic heterocycles. The molecule has 0 saturated carbocycles. The van der Waals surface area contributed by atoms with Gasteiger partial charge in [0.15, 0.2) is 0 Å². The lowest BCUT2D eigenvalue weighted by atomic mass is 10.2.